The number of nitrogens with one attached hydrogen (secondary N) is 2. The van der Waals surface area contributed by atoms with Crippen LogP contribution in [0.15, 0.2) is 29.2 Å². The first-order valence-corrected chi connectivity index (χ1v) is 9.07. The van der Waals surface area contributed by atoms with Gasteiger partial charge in [0.15, 0.2) is 0 Å². The Bertz CT molecular complexity index is 486. The summed E-state index contributed by atoms with van der Waals surface area (Å²) in [4.78, 5) is 0.295. The molecule has 1 aromatic rings. The zero-order valence-corrected chi connectivity index (χ0v) is 13.4. The standard InChI is InChI=1S/C13H22N2O2S2/c1-10(9-18-4)15-11(2)12-5-7-13(8-6-12)19(16,17)14-3/h5-8,10-11,14-15H,9H2,1-4H3/t10-,11-/m0/s1. The van der Waals surface area contributed by atoms with E-state index in [4.69, 9.17) is 0 Å². The van der Waals surface area contributed by atoms with E-state index in [1.54, 1.807) is 23.9 Å². The molecule has 0 amide bonds. The van der Waals surface area contributed by atoms with Gasteiger partial charge in [-0.25, -0.2) is 13.1 Å². The van der Waals surface area contributed by atoms with Gasteiger partial charge in [0.25, 0.3) is 0 Å². The van der Waals surface area contributed by atoms with E-state index in [-0.39, 0.29) is 6.04 Å². The van der Waals surface area contributed by atoms with Crippen molar-refractivity contribution in [3.05, 3.63) is 29.8 Å². The van der Waals surface area contributed by atoms with Gasteiger partial charge in [0.2, 0.25) is 10.0 Å². The molecule has 4 nitrogen and oxygen atoms in total. The molecule has 0 fully saturated rings. The van der Waals surface area contributed by atoms with Gasteiger partial charge >= 0.3 is 0 Å². The van der Waals surface area contributed by atoms with Crippen LogP contribution in [0, 0.1) is 0 Å². The first kappa shape index (κ1) is 16.5. The van der Waals surface area contributed by atoms with Crippen LogP contribution in [-0.2, 0) is 10.0 Å². The summed E-state index contributed by atoms with van der Waals surface area (Å²) < 4.78 is 25.5. The monoisotopic (exact) mass is 302 g/mol. The molecule has 6 heteroatoms. The molecular weight excluding hydrogens is 280 g/mol. The maximum Gasteiger partial charge on any atom is 0.240 e. The molecule has 0 spiro atoms. The molecule has 0 aliphatic rings. The van der Waals surface area contributed by atoms with E-state index in [1.165, 1.54) is 7.05 Å². The predicted molar refractivity (Wildman–Crippen MR) is 82.1 cm³/mol. The van der Waals surface area contributed by atoms with Crippen molar-refractivity contribution in [1.82, 2.24) is 10.0 Å². The van der Waals surface area contributed by atoms with Gasteiger partial charge in [-0.05, 0) is 44.8 Å². The van der Waals surface area contributed by atoms with Crippen molar-refractivity contribution in [1.29, 1.82) is 0 Å². The van der Waals surface area contributed by atoms with Crippen molar-refractivity contribution in [2.24, 2.45) is 0 Å². The second-order valence-corrected chi connectivity index (χ2v) is 7.32. The van der Waals surface area contributed by atoms with Crippen LogP contribution in [0.3, 0.4) is 0 Å². The lowest BCUT2D eigenvalue weighted by Crippen LogP contribution is -2.30. The van der Waals surface area contributed by atoms with Crippen LogP contribution in [0.2, 0.25) is 0 Å². The molecule has 2 N–H and O–H groups in total. The zero-order chi connectivity index (χ0) is 14.5. The lowest BCUT2D eigenvalue weighted by Gasteiger charge is -2.20. The summed E-state index contributed by atoms with van der Waals surface area (Å²) in [6.07, 6.45) is 2.08. The summed E-state index contributed by atoms with van der Waals surface area (Å²) >= 11 is 1.81. The Balaban J connectivity index is 2.76. The quantitative estimate of drug-likeness (QED) is 0.809. The smallest absolute Gasteiger partial charge is 0.240 e. The van der Waals surface area contributed by atoms with Crippen molar-refractivity contribution < 1.29 is 8.42 Å². The fourth-order valence-corrected chi connectivity index (χ4v) is 3.20. The molecule has 0 aliphatic heterocycles. The van der Waals surface area contributed by atoms with Crippen LogP contribution in [0.4, 0.5) is 0 Å². The molecule has 0 aromatic heterocycles. The Hall–Kier alpha value is -0.560. The van der Waals surface area contributed by atoms with Gasteiger partial charge in [-0.2, -0.15) is 11.8 Å². The minimum Gasteiger partial charge on any atom is -0.307 e. The van der Waals surface area contributed by atoms with Crippen molar-refractivity contribution in [3.8, 4) is 0 Å². The average molecular weight is 302 g/mol. The highest BCUT2D eigenvalue weighted by Crippen LogP contribution is 2.17. The normalized spacial score (nSPS) is 15.2. The van der Waals surface area contributed by atoms with Crippen LogP contribution >= 0.6 is 11.8 Å². The Morgan fingerprint density at radius 1 is 1.21 bits per heavy atom. The van der Waals surface area contributed by atoms with Gasteiger partial charge in [0, 0.05) is 17.8 Å². The summed E-state index contributed by atoms with van der Waals surface area (Å²) in [7, 11) is -1.93. The lowest BCUT2D eigenvalue weighted by molar-refractivity contribution is 0.511. The predicted octanol–water partition coefficient (Wildman–Crippen LogP) is 2.00. The SMILES string of the molecule is CNS(=O)(=O)c1ccc([C@H](C)N[C@@H](C)CSC)cc1. The van der Waals surface area contributed by atoms with Crippen molar-refractivity contribution in [2.75, 3.05) is 19.1 Å². The second kappa shape index (κ2) is 7.28. The van der Waals surface area contributed by atoms with E-state index >= 15 is 0 Å². The van der Waals surface area contributed by atoms with E-state index in [2.05, 4.69) is 30.1 Å². The first-order chi connectivity index (χ1) is 8.90. The third-order valence-electron chi connectivity index (χ3n) is 2.91. The molecule has 1 rings (SSSR count). The molecule has 0 saturated heterocycles. The van der Waals surface area contributed by atoms with Crippen LogP contribution in [0.5, 0.6) is 0 Å². The van der Waals surface area contributed by atoms with E-state index in [0.29, 0.717) is 10.9 Å². The summed E-state index contributed by atoms with van der Waals surface area (Å²) in [5.74, 6) is 1.05. The van der Waals surface area contributed by atoms with Gasteiger partial charge in [-0.1, -0.05) is 12.1 Å². The Morgan fingerprint density at radius 2 is 1.79 bits per heavy atom. The number of hydrogen-bond acceptors (Lipinski definition) is 4. The summed E-state index contributed by atoms with van der Waals surface area (Å²) in [5.41, 5.74) is 1.09. The fourth-order valence-electron chi connectivity index (χ4n) is 1.87. The highest BCUT2D eigenvalue weighted by Gasteiger charge is 2.13. The highest BCUT2D eigenvalue weighted by molar-refractivity contribution is 7.98. The highest BCUT2D eigenvalue weighted by atomic mass is 32.2. The molecule has 19 heavy (non-hydrogen) atoms. The largest absolute Gasteiger partial charge is 0.307 e. The third kappa shape index (κ3) is 4.80. The third-order valence-corrected chi connectivity index (χ3v) is 5.17. The number of hydrogen-bond donors (Lipinski definition) is 2. The van der Waals surface area contributed by atoms with E-state index in [9.17, 15) is 8.42 Å². The van der Waals surface area contributed by atoms with E-state index < -0.39 is 10.0 Å². The van der Waals surface area contributed by atoms with Gasteiger partial charge in [-0.3, -0.25) is 0 Å². The molecular formula is C13H22N2O2S2. The lowest BCUT2D eigenvalue weighted by atomic mass is 10.1. The van der Waals surface area contributed by atoms with Gasteiger partial charge < -0.3 is 5.32 Å². The van der Waals surface area contributed by atoms with Crippen LogP contribution in [0.25, 0.3) is 0 Å². The Labute approximate surface area is 120 Å². The molecule has 2 atom stereocenters. The molecule has 0 unspecified atom stereocenters. The molecule has 0 saturated carbocycles. The number of sulfonamides is 1. The molecule has 108 valence electrons. The van der Waals surface area contributed by atoms with Gasteiger partial charge in [-0.15, -0.1) is 0 Å². The Morgan fingerprint density at radius 3 is 2.26 bits per heavy atom. The molecule has 1 aromatic carbocycles. The summed E-state index contributed by atoms with van der Waals surface area (Å²) in [6, 6.07) is 7.61. The van der Waals surface area contributed by atoms with Crippen LogP contribution in [0.1, 0.15) is 25.5 Å². The zero-order valence-electron chi connectivity index (χ0n) is 11.8. The topological polar surface area (TPSA) is 58.2 Å². The summed E-state index contributed by atoms with van der Waals surface area (Å²) in [5, 5.41) is 3.48. The summed E-state index contributed by atoms with van der Waals surface area (Å²) in [6.45, 7) is 4.23. The minimum atomic E-state index is -3.35. The Kier molecular flexibility index (Phi) is 6.32. The van der Waals surface area contributed by atoms with E-state index in [1.807, 2.05) is 12.1 Å². The molecule has 0 bridgehead atoms. The van der Waals surface area contributed by atoms with Crippen LogP contribution < -0.4 is 10.0 Å². The number of rotatable bonds is 7. The first-order valence-electron chi connectivity index (χ1n) is 6.19. The molecule has 0 heterocycles. The number of thioether (sulfide) groups is 1. The maximum absolute atomic E-state index is 11.6. The average Bonchev–Trinajstić information content (AvgIpc) is 2.39. The van der Waals surface area contributed by atoms with Crippen LogP contribution in [-0.4, -0.2) is 33.5 Å². The van der Waals surface area contributed by atoms with Crippen molar-refractivity contribution in [3.63, 3.8) is 0 Å². The van der Waals surface area contributed by atoms with E-state index in [0.717, 1.165) is 11.3 Å². The van der Waals surface area contributed by atoms with Gasteiger partial charge in [0.1, 0.15) is 0 Å². The minimum absolute atomic E-state index is 0.202. The maximum atomic E-state index is 11.6. The fraction of sp³-hybridized carbons (Fsp3) is 0.538. The van der Waals surface area contributed by atoms with Crippen molar-refractivity contribution in [2.45, 2.75) is 30.8 Å². The van der Waals surface area contributed by atoms with Gasteiger partial charge in [0.05, 0.1) is 4.90 Å². The van der Waals surface area contributed by atoms with Crippen molar-refractivity contribution >= 4 is 21.8 Å². The molecule has 0 aliphatic carbocycles. The molecule has 0 radical (unpaired) electrons. The number of benzene rings is 1. The second-order valence-electron chi connectivity index (χ2n) is 4.52.